The molecule has 0 radical (unpaired) electrons. The van der Waals surface area contributed by atoms with E-state index in [2.05, 4.69) is 21.2 Å². The number of rotatable bonds is 7. The minimum atomic E-state index is -0.446. The van der Waals surface area contributed by atoms with Gasteiger partial charge in [-0.25, -0.2) is 0 Å². The number of halogens is 2. The minimum absolute atomic E-state index is 0.0135. The van der Waals surface area contributed by atoms with Crippen LogP contribution in [0.5, 0.6) is 0 Å². The summed E-state index contributed by atoms with van der Waals surface area (Å²) in [5.41, 5.74) is 2.16. The molecule has 0 saturated carbocycles. The first-order chi connectivity index (χ1) is 13.4. The average Bonchev–Trinajstić information content (AvgIpc) is 2.68. The van der Waals surface area contributed by atoms with E-state index in [4.69, 9.17) is 11.6 Å². The van der Waals surface area contributed by atoms with E-state index in [0.717, 1.165) is 10.0 Å². The third-order valence-electron chi connectivity index (χ3n) is 4.21. The molecule has 0 bridgehead atoms. The number of non-ortho nitro benzene ring substituents is 1. The summed E-state index contributed by atoms with van der Waals surface area (Å²) in [6.45, 7) is 0. The first-order valence-corrected chi connectivity index (χ1v) is 9.65. The van der Waals surface area contributed by atoms with Crippen LogP contribution < -0.4 is 5.32 Å². The lowest BCUT2D eigenvalue weighted by Gasteiger charge is -2.20. The second-order valence-corrected chi connectivity index (χ2v) is 7.55. The van der Waals surface area contributed by atoms with Crippen molar-refractivity contribution in [3.8, 4) is 0 Å². The zero-order chi connectivity index (χ0) is 20.1. The van der Waals surface area contributed by atoms with Crippen LogP contribution in [-0.2, 0) is 0 Å². The largest absolute Gasteiger partial charge is 0.378 e. The van der Waals surface area contributed by atoms with E-state index in [-0.39, 0.29) is 23.9 Å². The number of hydrogen-bond donors (Lipinski definition) is 1. The Morgan fingerprint density at radius 2 is 1.79 bits per heavy atom. The van der Waals surface area contributed by atoms with Gasteiger partial charge in [-0.3, -0.25) is 14.9 Å². The van der Waals surface area contributed by atoms with E-state index in [0.29, 0.717) is 16.3 Å². The van der Waals surface area contributed by atoms with Crippen LogP contribution in [0.4, 0.5) is 11.4 Å². The summed E-state index contributed by atoms with van der Waals surface area (Å²) in [7, 11) is 0. The molecule has 28 heavy (non-hydrogen) atoms. The van der Waals surface area contributed by atoms with Crippen LogP contribution in [0.3, 0.4) is 0 Å². The number of carbonyl (C=O) groups is 1. The van der Waals surface area contributed by atoms with Crippen LogP contribution >= 0.6 is 27.5 Å². The fourth-order valence-corrected chi connectivity index (χ4v) is 3.43. The maximum Gasteiger partial charge on any atom is 0.269 e. The van der Waals surface area contributed by atoms with E-state index < -0.39 is 4.92 Å². The Hall–Kier alpha value is -2.70. The Balaban J connectivity index is 1.86. The lowest BCUT2D eigenvalue weighted by molar-refractivity contribution is -0.384. The summed E-state index contributed by atoms with van der Waals surface area (Å²) in [6.07, 6.45) is 0.202. The second-order valence-electron chi connectivity index (χ2n) is 6.19. The van der Waals surface area contributed by atoms with Crippen LogP contribution in [0, 0.1) is 10.1 Å². The Morgan fingerprint density at radius 3 is 2.43 bits per heavy atom. The van der Waals surface area contributed by atoms with Gasteiger partial charge < -0.3 is 5.32 Å². The molecule has 1 atom stereocenters. The van der Waals surface area contributed by atoms with Gasteiger partial charge in [0, 0.05) is 39.3 Å². The van der Waals surface area contributed by atoms with Crippen molar-refractivity contribution in [2.45, 2.75) is 12.5 Å². The van der Waals surface area contributed by atoms with Gasteiger partial charge in [0.05, 0.1) is 11.0 Å². The third-order valence-corrected chi connectivity index (χ3v) is 4.93. The predicted octanol–water partition coefficient (Wildman–Crippen LogP) is 6.44. The van der Waals surface area contributed by atoms with Gasteiger partial charge in [-0.1, -0.05) is 51.8 Å². The monoisotopic (exact) mass is 458 g/mol. The molecule has 0 amide bonds. The standard InChI is InChI=1S/C21H16BrClN2O3/c22-16-5-1-3-14(11-16)20(13-21(26)15-4-2-6-17(23)12-15)24-18-7-9-19(10-8-18)25(27)28/h1-12,20,24H,13H2. The van der Waals surface area contributed by atoms with Crippen LogP contribution in [0.25, 0.3) is 0 Å². The van der Waals surface area contributed by atoms with Crippen molar-refractivity contribution in [3.63, 3.8) is 0 Å². The van der Waals surface area contributed by atoms with Crippen LogP contribution in [0.15, 0.2) is 77.3 Å². The Bertz CT molecular complexity index is 1010. The number of Topliss-reactive ketones (excluding diaryl/α,β-unsaturated/α-hetero) is 1. The maximum atomic E-state index is 12.8. The molecule has 3 rings (SSSR count). The molecular formula is C21H16BrClN2O3. The van der Waals surface area contributed by atoms with E-state index in [1.165, 1.54) is 12.1 Å². The number of carbonyl (C=O) groups excluding carboxylic acids is 1. The molecule has 0 saturated heterocycles. The molecule has 3 aromatic rings. The van der Waals surface area contributed by atoms with E-state index in [9.17, 15) is 14.9 Å². The van der Waals surface area contributed by atoms with Crippen molar-refractivity contribution in [1.82, 2.24) is 0 Å². The Morgan fingerprint density at radius 1 is 1.07 bits per heavy atom. The number of ketones is 1. The summed E-state index contributed by atoms with van der Waals surface area (Å²) in [5, 5.41) is 14.7. The first kappa shape index (κ1) is 20.0. The zero-order valence-corrected chi connectivity index (χ0v) is 17.0. The van der Waals surface area contributed by atoms with Gasteiger partial charge in [-0.05, 0) is 42.0 Å². The topological polar surface area (TPSA) is 72.2 Å². The van der Waals surface area contributed by atoms with Crippen molar-refractivity contribution in [2.75, 3.05) is 5.32 Å². The first-order valence-electron chi connectivity index (χ1n) is 8.47. The number of anilines is 1. The van der Waals surface area contributed by atoms with Gasteiger partial charge in [-0.2, -0.15) is 0 Å². The molecule has 0 heterocycles. The van der Waals surface area contributed by atoms with Crippen molar-refractivity contribution >= 4 is 44.7 Å². The number of nitrogens with zero attached hydrogens (tertiary/aromatic N) is 1. The second kappa shape index (κ2) is 8.99. The fourth-order valence-electron chi connectivity index (χ4n) is 2.82. The van der Waals surface area contributed by atoms with E-state index >= 15 is 0 Å². The van der Waals surface area contributed by atoms with Gasteiger partial charge >= 0.3 is 0 Å². The highest BCUT2D eigenvalue weighted by molar-refractivity contribution is 9.10. The average molecular weight is 460 g/mol. The van der Waals surface area contributed by atoms with Crippen LogP contribution in [0.2, 0.25) is 5.02 Å². The van der Waals surface area contributed by atoms with Crippen molar-refractivity contribution in [1.29, 1.82) is 0 Å². The molecule has 5 nitrogen and oxygen atoms in total. The molecule has 0 aliphatic heterocycles. The summed E-state index contributed by atoms with van der Waals surface area (Å²) < 4.78 is 0.899. The highest BCUT2D eigenvalue weighted by Gasteiger charge is 2.18. The molecule has 1 N–H and O–H groups in total. The summed E-state index contributed by atoms with van der Waals surface area (Å²) in [6, 6.07) is 20.3. The van der Waals surface area contributed by atoms with E-state index in [1.807, 2.05) is 24.3 Å². The lowest BCUT2D eigenvalue weighted by Crippen LogP contribution is -2.16. The summed E-state index contributed by atoms with van der Waals surface area (Å²) >= 11 is 9.46. The summed E-state index contributed by atoms with van der Waals surface area (Å²) in [4.78, 5) is 23.2. The number of hydrogen-bond acceptors (Lipinski definition) is 4. The fraction of sp³-hybridized carbons (Fsp3) is 0.0952. The number of nitrogens with one attached hydrogen (secondary N) is 1. The molecule has 0 aromatic heterocycles. The van der Waals surface area contributed by atoms with Gasteiger partial charge in [0.25, 0.3) is 5.69 Å². The molecule has 0 fully saturated rings. The third kappa shape index (κ3) is 5.18. The van der Waals surface area contributed by atoms with Crippen molar-refractivity contribution < 1.29 is 9.72 Å². The van der Waals surface area contributed by atoms with Crippen LogP contribution in [-0.4, -0.2) is 10.7 Å². The molecule has 0 aliphatic rings. The van der Waals surface area contributed by atoms with Crippen molar-refractivity contribution in [2.24, 2.45) is 0 Å². The zero-order valence-electron chi connectivity index (χ0n) is 14.6. The van der Waals surface area contributed by atoms with Gasteiger partial charge in [0.15, 0.2) is 5.78 Å². The quantitative estimate of drug-likeness (QED) is 0.251. The van der Waals surface area contributed by atoms with Crippen LogP contribution in [0.1, 0.15) is 28.4 Å². The number of nitro groups is 1. The molecule has 3 aromatic carbocycles. The molecular weight excluding hydrogens is 444 g/mol. The molecule has 0 spiro atoms. The number of nitro benzene ring substituents is 1. The normalized spacial score (nSPS) is 11.6. The predicted molar refractivity (Wildman–Crippen MR) is 114 cm³/mol. The number of benzene rings is 3. The highest BCUT2D eigenvalue weighted by Crippen LogP contribution is 2.28. The van der Waals surface area contributed by atoms with Gasteiger partial charge in [0.2, 0.25) is 0 Å². The smallest absolute Gasteiger partial charge is 0.269 e. The molecule has 7 heteroatoms. The minimum Gasteiger partial charge on any atom is -0.378 e. The van der Waals surface area contributed by atoms with E-state index in [1.54, 1.807) is 36.4 Å². The van der Waals surface area contributed by atoms with Crippen molar-refractivity contribution in [3.05, 3.63) is 104 Å². The van der Waals surface area contributed by atoms with Gasteiger partial charge in [0.1, 0.15) is 0 Å². The Labute approximate surface area is 175 Å². The van der Waals surface area contributed by atoms with Gasteiger partial charge in [-0.15, -0.1) is 0 Å². The highest BCUT2D eigenvalue weighted by atomic mass is 79.9. The Kier molecular flexibility index (Phi) is 6.44. The molecule has 142 valence electrons. The molecule has 1 unspecified atom stereocenters. The lowest BCUT2D eigenvalue weighted by atomic mass is 9.97. The maximum absolute atomic E-state index is 12.8. The SMILES string of the molecule is O=C(CC(Nc1ccc([N+](=O)[O-])cc1)c1cccc(Br)c1)c1cccc(Cl)c1. The summed E-state index contributed by atoms with van der Waals surface area (Å²) in [5.74, 6) is -0.0538. The molecule has 0 aliphatic carbocycles.